The highest BCUT2D eigenvalue weighted by atomic mass is 32.1. The van der Waals surface area contributed by atoms with Gasteiger partial charge in [-0.25, -0.2) is 0 Å². The molecule has 2 N–H and O–H groups in total. The molecule has 2 aromatic rings. The van der Waals surface area contributed by atoms with Gasteiger partial charge in [0.1, 0.15) is 0 Å². The van der Waals surface area contributed by atoms with Gasteiger partial charge in [0.05, 0.1) is 5.92 Å². The van der Waals surface area contributed by atoms with Crippen LogP contribution in [0.1, 0.15) is 12.8 Å². The second kappa shape index (κ2) is 6.20. The van der Waals surface area contributed by atoms with Crippen LogP contribution in [0.4, 0.5) is 5.69 Å². The third-order valence-electron chi connectivity index (χ3n) is 3.64. The lowest BCUT2D eigenvalue weighted by molar-refractivity contribution is -0.120. The van der Waals surface area contributed by atoms with Crippen molar-refractivity contribution in [3.63, 3.8) is 0 Å². The highest BCUT2D eigenvalue weighted by molar-refractivity contribution is 7.13. The summed E-state index contributed by atoms with van der Waals surface area (Å²) in [6.07, 6.45) is 2.05. The number of thiophene rings is 1. The van der Waals surface area contributed by atoms with Gasteiger partial charge in [0, 0.05) is 22.7 Å². The highest BCUT2D eigenvalue weighted by Gasteiger charge is 2.21. The monoisotopic (exact) mass is 286 g/mol. The van der Waals surface area contributed by atoms with Crippen molar-refractivity contribution in [3.8, 4) is 10.4 Å². The van der Waals surface area contributed by atoms with Gasteiger partial charge in [-0.3, -0.25) is 4.79 Å². The fraction of sp³-hybridized carbons (Fsp3) is 0.312. The molecular formula is C16H18N2OS. The van der Waals surface area contributed by atoms with Crippen molar-refractivity contribution in [1.29, 1.82) is 0 Å². The summed E-state index contributed by atoms with van der Waals surface area (Å²) in [5, 5.41) is 8.44. The number of nitrogens with one attached hydrogen (secondary N) is 2. The van der Waals surface area contributed by atoms with Gasteiger partial charge in [-0.15, -0.1) is 11.3 Å². The van der Waals surface area contributed by atoms with Crippen molar-refractivity contribution in [3.05, 3.63) is 41.8 Å². The number of carbonyl (C=O) groups excluding carboxylic acids is 1. The molecule has 0 unspecified atom stereocenters. The first-order valence-corrected chi connectivity index (χ1v) is 7.87. The molecule has 1 amide bonds. The molecule has 3 nitrogen and oxygen atoms in total. The SMILES string of the molecule is O=C(Nc1ccccc1-c1cccs1)[C@H]1CCCNC1. The van der Waals surface area contributed by atoms with Gasteiger partial charge in [-0.1, -0.05) is 24.3 Å². The maximum Gasteiger partial charge on any atom is 0.228 e. The molecule has 1 aliphatic heterocycles. The number of hydrogen-bond acceptors (Lipinski definition) is 3. The Kier molecular flexibility index (Phi) is 4.14. The molecule has 2 heterocycles. The second-order valence-corrected chi connectivity index (χ2v) is 6.00. The highest BCUT2D eigenvalue weighted by Crippen LogP contribution is 2.31. The second-order valence-electron chi connectivity index (χ2n) is 5.06. The van der Waals surface area contributed by atoms with Crippen molar-refractivity contribution in [1.82, 2.24) is 5.32 Å². The number of hydrogen-bond donors (Lipinski definition) is 2. The van der Waals surface area contributed by atoms with Gasteiger partial charge in [0.2, 0.25) is 5.91 Å². The minimum Gasteiger partial charge on any atom is -0.325 e. The molecule has 1 aromatic carbocycles. The Bertz CT molecular complexity index is 574. The quantitative estimate of drug-likeness (QED) is 0.908. The van der Waals surface area contributed by atoms with Gasteiger partial charge in [-0.05, 0) is 36.9 Å². The van der Waals surface area contributed by atoms with Crippen LogP contribution in [0.5, 0.6) is 0 Å². The summed E-state index contributed by atoms with van der Waals surface area (Å²) >= 11 is 1.69. The third-order valence-corrected chi connectivity index (χ3v) is 4.54. The van der Waals surface area contributed by atoms with Gasteiger partial charge in [0.15, 0.2) is 0 Å². The first-order valence-electron chi connectivity index (χ1n) is 6.99. The maximum absolute atomic E-state index is 12.3. The van der Waals surface area contributed by atoms with E-state index in [4.69, 9.17) is 0 Å². The van der Waals surface area contributed by atoms with E-state index in [9.17, 15) is 4.79 Å². The summed E-state index contributed by atoms with van der Waals surface area (Å²) in [7, 11) is 0. The first kappa shape index (κ1) is 13.3. The number of benzene rings is 1. The van der Waals surface area contributed by atoms with Crippen molar-refractivity contribution < 1.29 is 4.79 Å². The normalized spacial score (nSPS) is 18.7. The van der Waals surface area contributed by atoms with E-state index in [0.29, 0.717) is 0 Å². The number of para-hydroxylation sites is 1. The van der Waals surface area contributed by atoms with E-state index in [1.165, 1.54) is 4.88 Å². The molecule has 0 spiro atoms. The van der Waals surface area contributed by atoms with Crippen molar-refractivity contribution >= 4 is 22.9 Å². The van der Waals surface area contributed by atoms with Crippen LogP contribution < -0.4 is 10.6 Å². The zero-order chi connectivity index (χ0) is 13.8. The largest absolute Gasteiger partial charge is 0.325 e. The van der Waals surface area contributed by atoms with Gasteiger partial charge in [-0.2, -0.15) is 0 Å². The Hall–Kier alpha value is -1.65. The molecule has 1 aromatic heterocycles. The van der Waals surface area contributed by atoms with E-state index in [0.717, 1.165) is 37.2 Å². The molecule has 104 valence electrons. The van der Waals surface area contributed by atoms with E-state index in [1.807, 2.05) is 24.3 Å². The summed E-state index contributed by atoms with van der Waals surface area (Å²) in [4.78, 5) is 13.5. The summed E-state index contributed by atoms with van der Waals surface area (Å²) < 4.78 is 0. The number of amides is 1. The fourth-order valence-corrected chi connectivity index (χ4v) is 3.32. The van der Waals surface area contributed by atoms with Crippen LogP contribution in [0.15, 0.2) is 41.8 Å². The average molecular weight is 286 g/mol. The summed E-state index contributed by atoms with van der Waals surface area (Å²) in [6, 6.07) is 12.1. The molecule has 1 saturated heterocycles. The lowest BCUT2D eigenvalue weighted by atomic mass is 9.98. The lowest BCUT2D eigenvalue weighted by Gasteiger charge is -2.22. The molecule has 1 atom stereocenters. The van der Waals surface area contributed by atoms with Crippen molar-refractivity contribution in [2.45, 2.75) is 12.8 Å². The summed E-state index contributed by atoms with van der Waals surface area (Å²) in [6.45, 7) is 1.81. The van der Waals surface area contributed by atoms with E-state index >= 15 is 0 Å². The molecule has 3 rings (SSSR count). The molecular weight excluding hydrogens is 268 g/mol. The van der Waals surface area contributed by atoms with Crippen LogP contribution in [0.25, 0.3) is 10.4 Å². The van der Waals surface area contributed by atoms with Crippen LogP contribution in [0.3, 0.4) is 0 Å². The Labute approximate surface area is 123 Å². The Morgan fingerprint density at radius 2 is 2.15 bits per heavy atom. The summed E-state index contributed by atoms with van der Waals surface area (Å²) in [5.74, 6) is 0.210. The van der Waals surface area contributed by atoms with Crippen LogP contribution in [-0.4, -0.2) is 19.0 Å². The smallest absolute Gasteiger partial charge is 0.228 e. The third kappa shape index (κ3) is 2.92. The number of carbonyl (C=O) groups is 1. The van der Waals surface area contributed by atoms with Crippen LogP contribution in [-0.2, 0) is 4.79 Å². The minimum atomic E-state index is 0.0835. The Morgan fingerprint density at radius 1 is 1.25 bits per heavy atom. The summed E-state index contributed by atoms with van der Waals surface area (Å²) in [5.41, 5.74) is 2.00. The zero-order valence-corrected chi connectivity index (χ0v) is 12.1. The van der Waals surface area contributed by atoms with E-state index < -0.39 is 0 Å². The number of piperidine rings is 1. The molecule has 0 aliphatic carbocycles. The Morgan fingerprint density at radius 3 is 2.90 bits per heavy atom. The Balaban J connectivity index is 1.79. The van der Waals surface area contributed by atoms with Crippen molar-refractivity contribution in [2.75, 3.05) is 18.4 Å². The molecule has 4 heteroatoms. The van der Waals surface area contributed by atoms with E-state index in [-0.39, 0.29) is 11.8 Å². The average Bonchev–Trinajstić information content (AvgIpc) is 3.03. The van der Waals surface area contributed by atoms with Crippen LogP contribution >= 0.6 is 11.3 Å². The van der Waals surface area contributed by atoms with Gasteiger partial charge < -0.3 is 10.6 Å². The van der Waals surface area contributed by atoms with Crippen LogP contribution in [0.2, 0.25) is 0 Å². The lowest BCUT2D eigenvalue weighted by Crippen LogP contribution is -2.37. The fourth-order valence-electron chi connectivity index (χ4n) is 2.55. The maximum atomic E-state index is 12.3. The topological polar surface area (TPSA) is 41.1 Å². The molecule has 0 bridgehead atoms. The molecule has 1 aliphatic rings. The van der Waals surface area contributed by atoms with Gasteiger partial charge in [0.25, 0.3) is 0 Å². The predicted molar refractivity (Wildman–Crippen MR) is 84.0 cm³/mol. The standard InChI is InChI=1S/C16H18N2OS/c19-16(12-5-3-9-17-11-12)18-14-7-2-1-6-13(14)15-8-4-10-20-15/h1-2,4,6-8,10,12,17H,3,5,9,11H2,(H,18,19)/t12-/m0/s1. The molecule has 20 heavy (non-hydrogen) atoms. The van der Waals surface area contributed by atoms with Crippen molar-refractivity contribution in [2.24, 2.45) is 5.92 Å². The van der Waals surface area contributed by atoms with Gasteiger partial charge >= 0.3 is 0 Å². The number of anilines is 1. The molecule has 0 saturated carbocycles. The first-order chi connectivity index (χ1) is 9.84. The van der Waals surface area contributed by atoms with E-state index in [2.05, 4.69) is 28.1 Å². The zero-order valence-electron chi connectivity index (χ0n) is 11.3. The molecule has 0 radical (unpaired) electrons. The minimum absolute atomic E-state index is 0.0835. The predicted octanol–water partition coefficient (Wildman–Crippen LogP) is 3.35. The van der Waals surface area contributed by atoms with E-state index in [1.54, 1.807) is 11.3 Å². The number of rotatable bonds is 3. The molecule has 1 fully saturated rings. The van der Waals surface area contributed by atoms with Crippen LogP contribution in [0, 0.1) is 5.92 Å².